The molecule has 1 unspecified atom stereocenters. The van der Waals surface area contributed by atoms with Crippen LogP contribution in [0.4, 0.5) is 4.79 Å². The Morgan fingerprint density at radius 3 is 2.23 bits per heavy atom. The molecule has 1 saturated heterocycles. The Balaban J connectivity index is 1.25. The summed E-state index contributed by atoms with van der Waals surface area (Å²) in [5.74, 6) is 0.240. The monoisotopic (exact) mass is 949 g/mol. The van der Waals surface area contributed by atoms with E-state index in [1.807, 2.05) is 42.5 Å². The Kier molecular flexibility index (Phi) is 20.5. The van der Waals surface area contributed by atoms with Gasteiger partial charge in [0.15, 0.2) is 0 Å². The van der Waals surface area contributed by atoms with Gasteiger partial charge in [-0.1, -0.05) is 137 Å². The molecule has 0 spiro atoms. The summed E-state index contributed by atoms with van der Waals surface area (Å²) in [6.07, 6.45) is 22.8. The maximum absolute atomic E-state index is 14.4. The highest BCUT2D eigenvalue weighted by Gasteiger charge is 2.65. The van der Waals surface area contributed by atoms with E-state index < -0.39 is 30.1 Å². The first-order valence-electron chi connectivity index (χ1n) is 26.5. The molecule has 3 aromatic carbocycles. The number of likely N-dealkylation sites (N-methyl/N-ethyl adjacent to an activating group) is 1. The highest BCUT2D eigenvalue weighted by atomic mass is 16.8. The molecule has 376 valence electrons. The van der Waals surface area contributed by atoms with Crippen LogP contribution >= 0.6 is 0 Å². The molecular weight excluding hydrogens is 869 g/mol. The number of ether oxygens (including phenoxy) is 5. The van der Waals surface area contributed by atoms with Crippen molar-refractivity contribution in [3.63, 3.8) is 0 Å². The summed E-state index contributed by atoms with van der Waals surface area (Å²) in [5.41, 5.74) is 4.94. The minimum atomic E-state index is -1.37. The number of hydrogen-bond acceptors (Lipinski definition) is 10. The number of aliphatic hydroxyl groups is 2. The van der Waals surface area contributed by atoms with Crippen molar-refractivity contribution in [2.24, 2.45) is 22.9 Å². The third-order valence-corrected chi connectivity index (χ3v) is 14.7. The molecule has 2 heterocycles. The Morgan fingerprint density at radius 2 is 1.54 bits per heavy atom. The lowest BCUT2D eigenvalue weighted by Gasteiger charge is -2.59. The average molecular weight is 949 g/mol. The first-order chi connectivity index (χ1) is 33.9. The number of aliphatic hydroxyl groups excluding tert-OH is 2. The summed E-state index contributed by atoms with van der Waals surface area (Å²) in [4.78, 5) is 22.3. The Morgan fingerprint density at radius 1 is 0.841 bits per heavy atom. The summed E-state index contributed by atoms with van der Waals surface area (Å²) in [6, 6.07) is 23.8. The number of allylic oxidation sites excluding steroid dienone is 1. The number of benzene rings is 3. The van der Waals surface area contributed by atoms with Crippen molar-refractivity contribution in [1.82, 2.24) is 4.90 Å². The van der Waals surface area contributed by atoms with Gasteiger partial charge in [0.2, 0.25) is 12.1 Å². The van der Waals surface area contributed by atoms with Crippen LogP contribution in [0, 0.1) is 17.8 Å². The maximum atomic E-state index is 14.4. The van der Waals surface area contributed by atoms with Gasteiger partial charge >= 0.3 is 6.09 Å². The zero-order valence-electron chi connectivity index (χ0n) is 41.6. The van der Waals surface area contributed by atoms with Crippen molar-refractivity contribution in [3.05, 3.63) is 103 Å². The standard InChI is InChI=1S/C58H80N2O9/c1-4-6-7-8-9-10-11-12-13-22-39-65-57(63)60(3)53-42-51(59-69-54-28-19-23-38-64-54)49-40-45(26-17-20-35-61)48(27-18-21-36-62)55-50-41-47(33-34-52(50)68-58(53,56(49)55)66-37-5-2)67-46-31-29-44(30-32-46)43-24-15-14-16-25-43/h5,14-16,24-25,29-34,40-41,45,48,53-56,61-62H,2,4,6-13,17-23,26-28,35-39,42H2,1,3H3/t45-,48+,53-,54?,55+,56+,58+/m0/s1. The van der Waals surface area contributed by atoms with Crippen LogP contribution in [0.2, 0.25) is 0 Å². The van der Waals surface area contributed by atoms with Gasteiger partial charge in [0.05, 0.1) is 31.5 Å². The van der Waals surface area contributed by atoms with Gasteiger partial charge in [-0.2, -0.15) is 0 Å². The molecule has 1 saturated carbocycles. The fourth-order valence-corrected chi connectivity index (χ4v) is 11.2. The zero-order valence-corrected chi connectivity index (χ0v) is 41.6. The fraction of sp³-hybridized carbons (Fsp3) is 0.586. The van der Waals surface area contributed by atoms with Crippen molar-refractivity contribution >= 4 is 11.8 Å². The van der Waals surface area contributed by atoms with E-state index in [0.717, 1.165) is 92.2 Å². The van der Waals surface area contributed by atoms with Crippen molar-refractivity contribution < 1.29 is 43.5 Å². The molecule has 2 N–H and O–H groups in total. The normalized spacial score (nSPS) is 24.3. The number of oxime groups is 1. The lowest BCUT2D eigenvalue weighted by Crippen LogP contribution is -2.69. The van der Waals surface area contributed by atoms with Gasteiger partial charge in [-0.25, -0.2) is 4.79 Å². The van der Waals surface area contributed by atoms with E-state index in [-0.39, 0.29) is 44.0 Å². The van der Waals surface area contributed by atoms with E-state index in [9.17, 15) is 15.0 Å². The molecule has 2 fully saturated rings. The molecule has 0 aromatic heterocycles. The Labute approximate surface area is 412 Å². The van der Waals surface area contributed by atoms with Crippen molar-refractivity contribution in [2.45, 2.75) is 159 Å². The van der Waals surface area contributed by atoms with E-state index in [1.54, 1.807) is 18.0 Å². The highest BCUT2D eigenvalue weighted by molar-refractivity contribution is 6.03. The number of carbonyl (C=O) groups is 1. The van der Waals surface area contributed by atoms with Crippen molar-refractivity contribution in [1.29, 1.82) is 0 Å². The second-order valence-electron chi connectivity index (χ2n) is 19.6. The molecule has 11 nitrogen and oxygen atoms in total. The summed E-state index contributed by atoms with van der Waals surface area (Å²) in [7, 11) is 1.79. The highest BCUT2D eigenvalue weighted by Crippen LogP contribution is 2.62. The summed E-state index contributed by atoms with van der Waals surface area (Å²) >= 11 is 0. The molecular formula is C58H80N2O9. The number of fused-ring (bicyclic) bond motifs is 2. The smallest absolute Gasteiger partial charge is 0.409 e. The van der Waals surface area contributed by atoms with Gasteiger partial charge in [-0.15, -0.1) is 6.58 Å². The van der Waals surface area contributed by atoms with Crippen LogP contribution < -0.4 is 9.47 Å². The van der Waals surface area contributed by atoms with Crippen LogP contribution in [-0.2, 0) is 19.0 Å². The number of carbonyl (C=O) groups excluding carboxylic acids is 1. The number of unbranched alkanes of at least 4 members (excludes halogenated alkanes) is 11. The molecule has 7 rings (SSSR count). The van der Waals surface area contributed by atoms with E-state index >= 15 is 0 Å². The number of nitrogens with zero attached hydrogens (tertiary/aromatic N) is 2. The molecule has 7 atom stereocenters. The van der Waals surface area contributed by atoms with Crippen LogP contribution in [0.1, 0.15) is 147 Å². The zero-order chi connectivity index (χ0) is 48.3. The second kappa shape index (κ2) is 27.1. The van der Waals surface area contributed by atoms with Gasteiger partial charge in [0.25, 0.3) is 0 Å². The van der Waals surface area contributed by atoms with E-state index in [4.69, 9.17) is 33.7 Å². The van der Waals surface area contributed by atoms with E-state index in [1.165, 1.54) is 44.9 Å². The quantitative estimate of drug-likeness (QED) is 0.0415. The van der Waals surface area contributed by atoms with Gasteiger partial charge in [0.1, 0.15) is 23.3 Å². The Hall–Kier alpha value is -4.68. The maximum Gasteiger partial charge on any atom is 0.409 e. The van der Waals surface area contributed by atoms with Crippen LogP contribution in [-0.4, -0.2) is 85.1 Å². The second-order valence-corrected chi connectivity index (χ2v) is 19.6. The van der Waals surface area contributed by atoms with Crippen LogP contribution in [0.3, 0.4) is 0 Å². The fourth-order valence-electron chi connectivity index (χ4n) is 11.2. The minimum absolute atomic E-state index is 0.0787. The van der Waals surface area contributed by atoms with Gasteiger partial charge < -0.3 is 43.6 Å². The SMILES string of the molecule is C=CCO[C@@]12Oc3ccc(Oc4ccc(-c5ccccc5)cc4)cc3[C@H]3[C@H](CCCCO)[C@@H](CCCCO)C=C(C(=NOC4CCCCO4)C[C@@H]1N(C)C(=O)OCCCCCCCCCCCC)[C@H]32. The molecule has 69 heavy (non-hydrogen) atoms. The molecule has 4 aliphatic rings. The van der Waals surface area contributed by atoms with Crippen molar-refractivity contribution in [2.75, 3.05) is 40.1 Å². The van der Waals surface area contributed by atoms with Gasteiger partial charge in [-0.05, 0) is 104 Å². The summed E-state index contributed by atoms with van der Waals surface area (Å²) < 4.78 is 33.2. The van der Waals surface area contributed by atoms with Crippen LogP contribution in [0.25, 0.3) is 11.1 Å². The average Bonchev–Trinajstić information content (AvgIpc) is 3.38. The molecule has 0 radical (unpaired) electrons. The summed E-state index contributed by atoms with van der Waals surface area (Å²) in [5, 5.41) is 25.0. The van der Waals surface area contributed by atoms with Crippen LogP contribution in [0.15, 0.2) is 102 Å². The third kappa shape index (κ3) is 13.6. The van der Waals surface area contributed by atoms with Crippen LogP contribution in [0.5, 0.6) is 17.2 Å². The molecule has 1 amide bonds. The topological polar surface area (TPSA) is 129 Å². The minimum Gasteiger partial charge on any atom is -0.459 e. The molecule has 2 aliphatic carbocycles. The molecule has 3 aromatic rings. The first-order valence-corrected chi connectivity index (χ1v) is 26.5. The lowest BCUT2D eigenvalue weighted by molar-refractivity contribution is -0.254. The predicted molar refractivity (Wildman–Crippen MR) is 273 cm³/mol. The molecule has 2 aliphatic heterocycles. The van der Waals surface area contributed by atoms with Gasteiger partial charge in [0, 0.05) is 44.6 Å². The van der Waals surface area contributed by atoms with E-state index in [0.29, 0.717) is 43.3 Å². The number of hydrogen-bond donors (Lipinski definition) is 2. The first kappa shape index (κ1) is 52.2. The summed E-state index contributed by atoms with van der Waals surface area (Å²) in [6.45, 7) is 7.67. The largest absolute Gasteiger partial charge is 0.459 e. The third-order valence-electron chi connectivity index (χ3n) is 14.7. The number of rotatable bonds is 28. The molecule has 0 bridgehead atoms. The molecule has 11 heteroatoms. The number of amides is 1. The Bertz CT molecular complexity index is 2090. The van der Waals surface area contributed by atoms with Gasteiger partial charge in [-0.3, -0.25) is 0 Å². The van der Waals surface area contributed by atoms with Crippen molar-refractivity contribution in [3.8, 4) is 28.4 Å². The lowest BCUT2D eigenvalue weighted by atomic mass is 9.55. The van der Waals surface area contributed by atoms with E-state index in [2.05, 4.69) is 49.9 Å². The predicted octanol–water partition coefficient (Wildman–Crippen LogP) is 13.3.